The summed E-state index contributed by atoms with van der Waals surface area (Å²) in [5.41, 5.74) is 0. The highest BCUT2D eigenvalue weighted by molar-refractivity contribution is 7.80. The molecular weight excluding hydrogens is 919 g/mol. The number of aliphatic hydroxyl groups is 4. The third-order valence-corrected chi connectivity index (χ3v) is 15.0. The molecule has 7 atom stereocenters. The van der Waals surface area contributed by atoms with Gasteiger partial charge in [-0.1, -0.05) is 264 Å². The van der Waals surface area contributed by atoms with E-state index in [1.54, 1.807) is 0 Å². The largest absolute Gasteiger partial charge is 0.397 e. The van der Waals surface area contributed by atoms with Crippen molar-refractivity contribution < 1.29 is 51.8 Å². The molecule has 0 aliphatic carbocycles. The van der Waals surface area contributed by atoms with E-state index in [0.717, 1.165) is 51.4 Å². The quantitative estimate of drug-likeness (QED) is 0.0193. The molecule has 1 aliphatic rings. The molecule has 1 rings (SSSR count). The molecule has 0 radical (unpaired) electrons. The Bertz CT molecular complexity index is 1310. The predicted molar refractivity (Wildman–Crippen MR) is 292 cm³/mol. The van der Waals surface area contributed by atoms with Gasteiger partial charge in [0.15, 0.2) is 6.29 Å². The van der Waals surface area contributed by atoms with Crippen LogP contribution < -0.4 is 5.32 Å². The second-order valence-electron chi connectivity index (χ2n) is 21.3. The van der Waals surface area contributed by atoms with E-state index in [4.69, 9.17) is 9.47 Å². The average molecular weight is 1030 g/mol. The minimum absolute atomic E-state index is 0.227. The lowest BCUT2D eigenvalue weighted by Crippen LogP contribution is -2.61. The van der Waals surface area contributed by atoms with Crippen LogP contribution in [0, 0.1) is 0 Å². The highest BCUT2D eigenvalue weighted by Crippen LogP contribution is 2.26. The summed E-state index contributed by atoms with van der Waals surface area (Å²) in [5.74, 6) is -0.227. The van der Waals surface area contributed by atoms with Crippen LogP contribution in [-0.2, 0) is 28.9 Å². The van der Waals surface area contributed by atoms with Gasteiger partial charge in [-0.25, -0.2) is 4.18 Å². The Balaban J connectivity index is 2.12. The molecule has 12 nitrogen and oxygen atoms in total. The van der Waals surface area contributed by atoms with Crippen LogP contribution in [0.3, 0.4) is 0 Å². The first-order valence-electron chi connectivity index (χ1n) is 30.1. The number of rotatable bonds is 53. The molecule has 0 spiro atoms. The molecule has 1 saturated heterocycles. The van der Waals surface area contributed by atoms with Gasteiger partial charge >= 0.3 is 10.4 Å². The fraction of sp³-hybridized carbons (Fsp3) is 0.948. The summed E-state index contributed by atoms with van der Waals surface area (Å²) in [7, 11) is -5.07. The third kappa shape index (κ3) is 40.8. The summed E-state index contributed by atoms with van der Waals surface area (Å²) in [6.07, 6.45) is 49.9. The second kappa shape index (κ2) is 48.5. The van der Waals surface area contributed by atoms with Crippen molar-refractivity contribution in [2.75, 3.05) is 13.2 Å². The van der Waals surface area contributed by atoms with Gasteiger partial charge in [-0.3, -0.25) is 9.35 Å². The third-order valence-electron chi connectivity index (χ3n) is 14.6. The van der Waals surface area contributed by atoms with Gasteiger partial charge in [0.05, 0.1) is 25.4 Å². The summed E-state index contributed by atoms with van der Waals surface area (Å²) < 4.78 is 47.7. The summed E-state index contributed by atoms with van der Waals surface area (Å²) in [4.78, 5) is 13.1. The zero-order chi connectivity index (χ0) is 51.9. The van der Waals surface area contributed by atoms with Gasteiger partial charge in [0.1, 0.15) is 24.4 Å². The lowest BCUT2D eigenvalue weighted by atomic mass is 9.99. The number of aliphatic hydroxyl groups excluding tert-OH is 4. The van der Waals surface area contributed by atoms with E-state index in [1.165, 1.54) is 218 Å². The molecule has 0 aromatic heterocycles. The lowest BCUT2D eigenvalue weighted by Gasteiger charge is -2.41. The van der Waals surface area contributed by atoms with Crippen LogP contribution in [-0.4, -0.2) is 95.4 Å². The summed E-state index contributed by atoms with van der Waals surface area (Å²) in [6.45, 7) is 3.45. The van der Waals surface area contributed by atoms with Crippen molar-refractivity contribution in [3.05, 3.63) is 12.2 Å². The van der Waals surface area contributed by atoms with Crippen molar-refractivity contribution >= 4 is 16.3 Å². The average Bonchev–Trinajstić information content (AvgIpc) is 3.34. The molecule has 422 valence electrons. The number of hydrogen-bond acceptors (Lipinski definition) is 10. The van der Waals surface area contributed by atoms with Crippen molar-refractivity contribution in [3.8, 4) is 0 Å². The van der Waals surface area contributed by atoms with Crippen molar-refractivity contribution in [2.24, 2.45) is 0 Å². The molecule has 1 heterocycles. The highest BCUT2D eigenvalue weighted by atomic mass is 32.3. The minimum Gasteiger partial charge on any atom is -0.394 e. The van der Waals surface area contributed by atoms with Crippen LogP contribution in [0.4, 0.5) is 0 Å². The lowest BCUT2D eigenvalue weighted by molar-refractivity contribution is -0.298. The Morgan fingerprint density at radius 1 is 0.549 bits per heavy atom. The fourth-order valence-electron chi connectivity index (χ4n) is 9.93. The van der Waals surface area contributed by atoms with Crippen molar-refractivity contribution in [2.45, 2.75) is 339 Å². The van der Waals surface area contributed by atoms with Gasteiger partial charge in [0.25, 0.3) is 0 Å². The van der Waals surface area contributed by atoms with Crippen LogP contribution >= 0.6 is 0 Å². The van der Waals surface area contributed by atoms with E-state index >= 15 is 0 Å². The SMILES string of the molecule is CCCCCCCCCCCCCCCC/C=C\CCCCCCCCCCCCCCCCCCCC(=O)NC(COC1OC(CO)C(O)C(OS(=O)(=O)O)C1O)C(O)CCCCCCCCCCC. The molecular formula is C58H113NO11S. The summed E-state index contributed by atoms with van der Waals surface area (Å²) in [6, 6.07) is -0.853. The standard InChI is InChI=1S/C58H113NO11S/c1-3-5-7-9-11-13-14-15-16-17-18-19-20-21-22-23-24-25-26-27-28-29-30-31-32-33-34-35-36-37-38-40-42-44-46-48-54(62)59-51(52(61)47-45-43-41-39-12-10-8-6-4-2)50-68-58-56(64)57(70-71(65,66)67)55(63)53(49-60)69-58/h23-24,51-53,55-58,60-61,63-64H,3-22,25-50H2,1-2H3,(H,59,62)(H,65,66,67)/b24-23-. The second-order valence-corrected chi connectivity index (χ2v) is 22.3. The normalized spacial score (nSPS) is 19.5. The molecule has 7 unspecified atom stereocenters. The van der Waals surface area contributed by atoms with Gasteiger partial charge in [0.2, 0.25) is 5.91 Å². The molecule has 0 aromatic carbocycles. The molecule has 0 bridgehead atoms. The number of carbonyl (C=O) groups is 1. The van der Waals surface area contributed by atoms with Crippen LogP contribution in [0.25, 0.3) is 0 Å². The number of ether oxygens (including phenoxy) is 2. The van der Waals surface area contributed by atoms with Gasteiger partial charge in [0, 0.05) is 6.42 Å². The molecule has 71 heavy (non-hydrogen) atoms. The Labute approximate surface area is 436 Å². The number of amides is 1. The van der Waals surface area contributed by atoms with Crippen LogP contribution in [0.5, 0.6) is 0 Å². The Kier molecular flexibility index (Phi) is 46.3. The fourth-order valence-corrected chi connectivity index (χ4v) is 10.4. The molecule has 13 heteroatoms. The number of unbranched alkanes of at least 4 members (excludes halogenated alkanes) is 39. The van der Waals surface area contributed by atoms with Crippen LogP contribution in [0.2, 0.25) is 0 Å². The smallest absolute Gasteiger partial charge is 0.394 e. The summed E-state index contributed by atoms with van der Waals surface area (Å²) in [5, 5.41) is 44.9. The Morgan fingerprint density at radius 2 is 0.901 bits per heavy atom. The molecule has 0 saturated carbocycles. The first kappa shape index (κ1) is 67.9. The van der Waals surface area contributed by atoms with Crippen molar-refractivity contribution in [1.29, 1.82) is 0 Å². The number of carbonyl (C=O) groups excluding carboxylic acids is 1. The minimum atomic E-state index is -5.07. The van der Waals surface area contributed by atoms with Gasteiger partial charge in [-0.15, -0.1) is 0 Å². The Hall–Kier alpha value is -1.16. The van der Waals surface area contributed by atoms with Crippen LogP contribution in [0.1, 0.15) is 296 Å². The Morgan fingerprint density at radius 3 is 1.27 bits per heavy atom. The van der Waals surface area contributed by atoms with Crippen LogP contribution in [0.15, 0.2) is 12.2 Å². The van der Waals surface area contributed by atoms with Gasteiger partial charge in [-0.05, 0) is 38.5 Å². The number of nitrogens with one attached hydrogen (secondary N) is 1. The monoisotopic (exact) mass is 1030 g/mol. The maximum atomic E-state index is 13.1. The zero-order valence-corrected chi connectivity index (χ0v) is 46.6. The number of allylic oxidation sites excluding steroid dienone is 2. The highest BCUT2D eigenvalue weighted by Gasteiger charge is 2.48. The molecule has 1 amide bonds. The van der Waals surface area contributed by atoms with E-state index in [1.807, 2.05) is 0 Å². The van der Waals surface area contributed by atoms with E-state index in [9.17, 15) is 38.2 Å². The predicted octanol–water partition coefficient (Wildman–Crippen LogP) is 14.2. The van der Waals surface area contributed by atoms with E-state index < -0.39 is 59.9 Å². The summed E-state index contributed by atoms with van der Waals surface area (Å²) >= 11 is 0. The maximum Gasteiger partial charge on any atom is 0.397 e. The number of hydrogen-bond donors (Lipinski definition) is 6. The molecule has 1 fully saturated rings. The van der Waals surface area contributed by atoms with Gasteiger partial charge < -0.3 is 35.2 Å². The van der Waals surface area contributed by atoms with E-state index in [2.05, 4.69) is 35.5 Å². The molecule has 0 aromatic rings. The molecule has 6 N–H and O–H groups in total. The molecule has 1 aliphatic heterocycles. The van der Waals surface area contributed by atoms with E-state index in [-0.39, 0.29) is 12.5 Å². The first-order valence-corrected chi connectivity index (χ1v) is 31.4. The van der Waals surface area contributed by atoms with Crippen molar-refractivity contribution in [3.63, 3.8) is 0 Å². The topological polar surface area (TPSA) is 192 Å². The van der Waals surface area contributed by atoms with Gasteiger partial charge in [-0.2, -0.15) is 8.42 Å². The zero-order valence-electron chi connectivity index (χ0n) is 45.8. The van der Waals surface area contributed by atoms with Crippen molar-refractivity contribution in [1.82, 2.24) is 5.32 Å². The first-order chi connectivity index (χ1) is 34.5. The maximum absolute atomic E-state index is 13.1. The van der Waals surface area contributed by atoms with E-state index in [0.29, 0.717) is 12.8 Å².